The highest BCUT2D eigenvalue weighted by Crippen LogP contribution is 2.40. The molecular formula is C17H26ClNO2. The van der Waals surface area contributed by atoms with Crippen molar-refractivity contribution >= 4 is 11.6 Å². The number of halogens is 1. The Morgan fingerprint density at radius 3 is 2.43 bits per heavy atom. The third kappa shape index (κ3) is 3.05. The summed E-state index contributed by atoms with van der Waals surface area (Å²) in [7, 11) is 1.60. The third-order valence-corrected chi connectivity index (χ3v) is 5.27. The zero-order chi connectivity index (χ0) is 15.5. The lowest BCUT2D eigenvalue weighted by Crippen LogP contribution is -2.51. The van der Waals surface area contributed by atoms with Crippen molar-refractivity contribution in [3.63, 3.8) is 0 Å². The van der Waals surface area contributed by atoms with Gasteiger partial charge in [0.1, 0.15) is 5.75 Å². The average Bonchev–Trinajstić information content (AvgIpc) is 3.04. The zero-order valence-electron chi connectivity index (χ0n) is 13.2. The van der Waals surface area contributed by atoms with E-state index >= 15 is 0 Å². The quantitative estimate of drug-likeness (QED) is 0.860. The molecule has 0 aliphatic carbocycles. The highest BCUT2D eigenvalue weighted by molar-refractivity contribution is 6.32. The van der Waals surface area contributed by atoms with Crippen LogP contribution in [0.2, 0.25) is 5.02 Å². The molecule has 1 aromatic carbocycles. The summed E-state index contributed by atoms with van der Waals surface area (Å²) < 4.78 is 5.28. The van der Waals surface area contributed by atoms with Crippen molar-refractivity contribution in [2.75, 3.05) is 20.2 Å². The second-order valence-corrected chi connectivity index (χ2v) is 6.21. The van der Waals surface area contributed by atoms with Crippen LogP contribution in [0, 0.1) is 0 Å². The van der Waals surface area contributed by atoms with Gasteiger partial charge in [0.05, 0.1) is 23.8 Å². The lowest BCUT2D eigenvalue weighted by Gasteiger charge is -2.44. The van der Waals surface area contributed by atoms with Crippen molar-refractivity contribution in [1.82, 2.24) is 4.90 Å². The van der Waals surface area contributed by atoms with Crippen molar-refractivity contribution in [3.05, 3.63) is 28.8 Å². The monoisotopic (exact) mass is 311 g/mol. The predicted molar refractivity (Wildman–Crippen MR) is 87.1 cm³/mol. The molecule has 0 bridgehead atoms. The predicted octanol–water partition coefficient (Wildman–Crippen LogP) is 4.04. The van der Waals surface area contributed by atoms with Crippen LogP contribution in [0.5, 0.6) is 5.75 Å². The molecule has 1 fully saturated rings. The van der Waals surface area contributed by atoms with Crippen LogP contribution in [0.1, 0.15) is 51.2 Å². The van der Waals surface area contributed by atoms with Crippen molar-refractivity contribution in [1.29, 1.82) is 0 Å². The smallest absolute Gasteiger partial charge is 0.137 e. The van der Waals surface area contributed by atoms with E-state index in [1.807, 2.05) is 12.1 Å². The van der Waals surface area contributed by atoms with Gasteiger partial charge >= 0.3 is 0 Å². The van der Waals surface area contributed by atoms with Gasteiger partial charge in [0.25, 0.3) is 0 Å². The van der Waals surface area contributed by atoms with Gasteiger partial charge in [-0.15, -0.1) is 0 Å². The Labute approximate surface area is 132 Å². The number of hydrogen-bond donors (Lipinski definition) is 1. The second-order valence-electron chi connectivity index (χ2n) is 5.80. The summed E-state index contributed by atoms with van der Waals surface area (Å²) in [5, 5.41) is 11.6. The highest BCUT2D eigenvalue weighted by atomic mass is 35.5. The maximum atomic E-state index is 11.1. The van der Waals surface area contributed by atoms with E-state index in [0.717, 1.165) is 31.5 Å². The van der Waals surface area contributed by atoms with Crippen molar-refractivity contribution < 1.29 is 9.84 Å². The number of aliphatic hydroxyl groups is 1. The van der Waals surface area contributed by atoms with E-state index in [1.54, 1.807) is 13.2 Å². The lowest BCUT2D eigenvalue weighted by molar-refractivity contribution is -0.0295. The fourth-order valence-electron chi connectivity index (χ4n) is 3.58. The second kappa shape index (κ2) is 6.99. The van der Waals surface area contributed by atoms with Gasteiger partial charge in [0, 0.05) is 0 Å². The maximum absolute atomic E-state index is 11.1. The average molecular weight is 312 g/mol. The third-order valence-electron chi connectivity index (χ3n) is 4.96. The molecule has 0 radical (unpaired) electrons. The molecule has 3 nitrogen and oxygen atoms in total. The van der Waals surface area contributed by atoms with Gasteiger partial charge in [-0.2, -0.15) is 0 Å². The van der Waals surface area contributed by atoms with Crippen molar-refractivity contribution in [3.8, 4) is 5.75 Å². The molecule has 0 aromatic heterocycles. The minimum Gasteiger partial charge on any atom is -0.495 e. The van der Waals surface area contributed by atoms with Gasteiger partial charge in [0.15, 0.2) is 0 Å². The van der Waals surface area contributed by atoms with E-state index in [2.05, 4.69) is 18.7 Å². The number of rotatable bonds is 6. The Kier molecular flexibility index (Phi) is 5.53. The molecule has 1 atom stereocenters. The van der Waals surface area contributed by atoms with Gasteiger partial charge in [-0.3, -0.25) is 4.90 Å². The summed E-state index contributed by atoms with van der Waals surface area (Å²) in [6.07, 6.45) is 3.76. The fourth-order valence-corrected chi connectivity index (χ4v) is 3.77. The summed E-state index contributed by atoms with van der Waals surface area (Å²) in [6.45, 7) is 6.48. The molecule has 1 N–H and O–H groups in total. The Morgan fingerprint density at radius 2 is 1.90 bits per heavy atom. The Bertz CT molecular complexity index is 468. The van der Waals surface area contributed by atoms with Crippen LogP contribution >= 0.6 is 11.6 Å². The number of methoxy groups -OCH3 is 1. The van der Waals surface area contributed by atoms with Gasteiger partial charge in [-0.25, -0.2) is 0 Å². The number of ether oxygens (including phenoxy) is 1. The van der Waals surface area contributed by atoms with Crippen molar-refractivity contribution in [2.45, 2.75) is 51.2 Å². The largest absolute Gasteiger partial charge is 0.495 e. The topological polar surface area (TPSA) is 32.7 Å². The van der Waals surface area contributed by atoms with E-state index in [1.165, 1.54) is 12.8 Å². The van der Waals surface area contributed by atoms with E-state index in [0.29, 0.717) is 10.8 Å². The van der Waals surface area contributed by atoms with Crippen LogP contribution in [0.3, 0.4) is 0 Å². The molecular weight excluding hydrogens is 286 g/mol. The number of benzene rings is 1. The molecule has 1 saturated heterocycles. The number of aliphatic hydroxyl groups excluding tert-OH is 1. The Balaban J connectivity index is 2.35. The molecule has 0 amide bonds. The molecule has 1 unspecified atom stereocenters. The van der Waals surface area contributed by atoms with Gasteiger partial charge in [-0.05, 0) is 56.5 Å². The van der Waals surface area contributed by atoms with Crippen LogP contribution in [0.15, 0.2) is 18.2 Å². The summed E-state index contributed by atoms with van der Waals surface area (Å²) in [5.74, 6) is 0.621. The molecule has 1 aliphatic rings. The normalized spacial score (nSPS) is 18.0. The number of likely N-dealkylation sites (tertiary alicyclic amines) is 1. The first kappa shape index (κ1) is 16.6. The van der Waals surface area contributed by atoms with E-state index in [4.69, 9.17) is 16.3 Å². The SMILES string of the molecule is CCC(CC)(C(O)c1ccc(Cl)c(OC)c1)N1CCCC1. The summed E-state index contributed by atoms with van der Waals surface area (Å²) >= 11 is 6.09. The molecule has 1 heterocycles. The minimum absolute atomic E-state index is 0.199. The number of nitrogens with zero attached hydrogens (tertiary/aromatic N) is 1. The summed E-state index contributed by atoms with van der Waals surface area (Å²) in [6, 6.07) is 5.58. The molecule has 1 aliphatic heterocycles. The minimum atomic E-state index is -0.531. The van der Waals surface area contributed by atoms with Crippen LogP contribution in [0.4, 0.5) is 0 Å². The zero-order valence-corrected chi connectivity index (χ0v) is 14.0. The van der Waals surface area contributed by atoms with E-state index in [-0.39, 0.29) is 5.54 Å². The first-order valence-corrected chi connectivity index (χ1v) is 8.23. The Morgan fingerprint density at radius 1 is 1.29 bits per heavy atom. The summed E-state index contributed by atoms with van der Waals surface area (Å²) in [5.41, 5.74) is 0.682. The van der Waals surface area contributed by atoms with Crippen molar-refractivity contribution in [2.24, 2.45) is 0 Å². The first-order chi connectivity index (χ1) is 10.1. The van der Waals surface area contributed by atoms with Gasteiger partial charge in [0.2, 0.25) is 0 Å². The molecule has 4 heteroatoms. The molecule has 21 heavy (non-hydrogen) atoms. The molecule has 1 aromatic rings. The summed E-state index contributed by atoms with van der Waals surface area (Å²) in [4.78, 5) is 2.46. The van der Waals surface area contributed by atoms with E-state index in [9.17, 15) is 5.11 Å². The van der Waals surface area contributed by atoms with Crippen LogP contribution in [-0.2, 0) is 0 Å². The van der Waals surface area contributed by atoms with Crippen LogP contribution < -0.4 is 4.74 Å². The first-order valence-electron chi connectivity index (χ1n) is 7.85. The van der Waals surface area contributed by atoms with Crippen LogP contribution in [0.25, 0.3) is 0 Å². The van der Waals surface area contributed by atoms with E-state index < -0.39 is 6.10 Å². The fraction of sp³-hybridized carbons (Fsp3) is 0.647. The maximum Gasteiger partial charge on any atom is 0.137 e. The molecule has 0 spiro atoms. The molecule has 118 valence electrons. The van der Waals surface area contributed by atoms with Crippen LogP contribution in [-0.4, -0.2) is 35.7 Å². The Hall–Kier alpha value is -0.770. The number of hydrogen-bond acceptors (Lipinski definition) is 3. The lowest BCUT2D eigenvalue weighted by atomic mass is 9.81. The molecule has 2 rings (SSSR count). The molecule has 0 saturated carbocycles. The highest BCUT2D eigenvalue weighted by Gasteiger charge is 2.42. The van der Waals surface area contributed by atoms with Gasteiger partial charge in [-0.1, -0.05) is 31.5 Å². The van der Waals surface area contributed by atoms with Gasteiger partial charge < -0.3 is 9.84 Å². The standard InChI is InChI=1S/C17H26ClNO2/c1-4-17(5-2,19-10-6-7-11-19)16(20)13-8-9-14(18)15(12-13)21-3/h8-9,12,16,20H,4-7,10-11H2,1-3H3.